The first-order valence-electron chi connectivity index (χ1n) is 9.61. The summed E-state index contributed by atoms with van der Waals surface area (Å²) in [6.45, 7) is 1.92. The third-order valence-electron chi connectivity index (χ3n) is 4.52. The summed E-state index contributed by atoms with van der Waals surface area (Å²) >= 11 is 2.91. The minimum Gasteiger partial charge on any atom is -0.495 e. The number of esters is 1. The Labute approximate surface area is 188 Å². The van der Waals surface area contributed by atoms with Crippen molar-refractivity contribution in [1.29, 1.82) is 0 Å². The standard InChI is InChI=1S/C22H24N2O5S2/c1-5-29-19(26)13-24-20-16(27-2)10-11-17(28-3)21(20)31-22(24)23-18(25)12-14-6-8-15(30-4)9-7-14/h6-11H,5,12-13H2,1-4H3. The number of carbonyl (C=O) groups excluding carboxylic acids is 2. The normalized spacial score (nSPS) is 11.5. The smallest absolute Gasteiger partial charge is 0.326 e. The molecule has 1 aromatic heterocycles. The highest BCUT2D eigenvalue weighted by Gasteiger charge is 2.19. The van der Waals surface area contributed by atoms with Crippen LogP contribution < -0.4 is 14.3 Å². The van der Waals surface area contributed by atoms with Gasteiger partial charge >= 0.3 is 5.97 Å². The maximum absolute atomic E-state index is 12.7. The van der Waals surface area contributed by atoms with Crippen LogP contribution in [-0.2, 0) is 27.3 Å². The molecule has 0 atom stereocenters. The van der Waals surface area contributed by atoms with Gasteiger partial charge in [0.05, 0.1) is 27.2 Å². The van der Waals surface area contributed by atoms with E-state index >= 15 is 0 Å². The highest BCUT2D eigenvalue weighted by Crippen LogP contribution is 2.35. The Balaban J connectivity index is 2.07. The van der Waals surface area contributed by atoms with E-state index in [1.807, 2.05) is 30.5 Å². The number of benzene rings is 2. The molecule has 0 N–H and O–H groups in total. The summed E-state index contributed by atoms with van der Waals surface area (Å²) in [5.41, 5.74) is 1.51. The Morgan fingerprint density at radius 1 is 1.06 bits per heavy atom. The summed E-state index contributed by atoms with van der Waals surface area (Å²) in [6.07, 6.45) is 2.17. The molecule has 0 saturated carbocycles. The number of ether oxygens (including phenoxy) is 3. The van der Waals surface area contributed by atoms with E-state index < -0.39 is 5.97 Å². The molecule has 3 aromatic rings. The monoisotopic (exact) mass is 460 g/mol. The summed E-state index contributed by atoms with van der Waals surface area (Å²) in [4.78, 5) is 30.8. The second-order valence-corrected chi connectivity index (χ2v) is 8.31. The molecule has 0 radical (unpaired) electrons. The molecule has 164 valence electrons. The maximum Gasteiger partial charge on any atom is 0.326 e. The van der Waals surface area contributed by atoms with Crippen LogP contribution in [0.4, 0.5) is 0 Å². The molecule has 7 nitrogen and oxygen atoms in total. The van der Waals surface area contributed by atoms with E-state index in [-0.39, 0.29) is 25.5 Å². The van der Waals surface area contributed by atoms with Crippen molar-refractivity contribution in [2.24, 2.45) is 4.99 Å². The van der Waals surface area contributed by atoms with Gasteiger partial charge < -0.3 is 18.8 Å². The number of aromatic nitrogens is 1. The van der Waals surface area contributed by atoms with E-state index in [9.17, 15) is 9.59 Å². The maximum atomic E-state index is 12.7. The van der Waals surface area contributed by atoms with Crippen LogP contribution in [0.5, 0.6) is 11.5 Å². The fourth-order valence-electron chi connectivity index (χ4n) is 3.09. The number of amides is 1. The number of hydrogen-bond donors (Lipinski definition) is 0. The zero-order valence-corrected chi connectivity index (χ0v) is 19.5. The topological polar surface area (TPSA) is 79.1 Å². The molecule has 3 rings (SSSR count). The lowest BCUT2D eigenvalue weighted by atomic mass is 10.1. The van der Waals surface area contributed by atoms with Gasteiger partial charge in [-0.15, -0.1) is 11.8 Å². The lowest BCUT2D eigenvalue weighted by Crippen LogP contribution is -2.23. The van der Waals surface area contributed by atoms with Gasteiger partial charge in [0.1, 0.15) is 28.3 Å². The molecule has 0 aliphatic heterocycles. The quantitative estimate of drug-likeness (QED) is 0.377. The first-order valence-corrected chi connectivity index (χ1v) is 11.6. The number of nitrogens with zero attached hydrogens (tertiary/aromatic N) is 2. The van der Waals surface area contributed by atoms with Crippen LogP contribution in [0.1, 0.15) is 12.5 Å². The van der Waals surface area contributed by atoms with Gasteiger partial charge in [-0.3, -0.25) is 9.59 Å². The summed E-state index contributed by atoms with van der Waals surface area (Å²) in [6, 6.07) is 11.3. The van der Waals surface area contributed by atoms with Gasteiger partial charge in [0.15, 0.2) is 4.80 Å². The highest BCUT2D eigenvalue weighted by molar-refractivity contribution is 7.98. The number of carbonyl (C=O) groups is 2. The number of thiazole rings is 1. The van der Waals surface area contributed by atoms with E-state index in [1.165, 1.54) is 11.3 Å². The Kier molecular flexibility index (Phi) is 7.75. The van der Waals surface area contributed by atoms with Crippen molar-refractivity contribution < 1.29 is 23.8 Å². The summed E-state index contributed by atoms with van der Waals surface area (Å²) in [7, 11) is 3.12. The fraction of sp³-hybridized carbons (Fsp3) is 0.318. The first-order chi connectivity index (χ1) is 15.0. The van der Waals surface area contributed by atoms with E-state index in [2.05, 4.69) is 4.99 Å². The summed E-state index contributed by atoms with van der Waals surface area (Å²) in [5.74, 6) is 0.436. The zero-order chi connectivity index (χ0) is 22.4. The lowest BCUT2D eigenvalue weighted by Gasteiger charge is -2.10. The highest BCUT2D eigenvalue weighted by atomic mass is 32.2. The lowest BCUT2D eigenvalue weighted by molar-refractivity contribution is -0.143. The number of thioether (sulfide) groups is 1. The number of methoxy groups -OCH3 is 2. The van der Waals surface area contributed by atoms with Gasteiger partial charge in [-0.2, -0.15) is 4.99 Å². The van der Waals surface area contributed by atoms with Gasteiger partial charge in [-0.05, 0) is 43.0 Å². The molecule has 0 aliphatic carbocycles. The average molecular weight is 461 g/mol. The van der Waals surface area contributed by atoms with Crippen molar-refractivity contribution >= 4 is 45.2 Å². The van der Waals surface area contributed by atoms with Crippen molar-refractivity contribution in [3.63, 3.8) is 0 Å². The predicted molar refractivity (Wildman–Crippen MR) is 122 cm³/mol. The van der Waals surface area contributed by atoms with Crippen molar-refractivity contribution in [2.45, 2.75) is 24.8 Å². The largest absolute Gasteiger partial charge is 0.495 e. The summed E-state index contributed by atoms with van der Waals surface area (Å²) in [5, 5.41) is 0. The van der Waals surface area contributed by atoms with E-state index in [1.54, 1.807) is 49.6 Å². The van der Waals surface area contributed by atoms with Crippen LogP contribution in [0.2, 0.25) is 0 Å². The van der Waals surface area contributed by atoms with Gasteiger partial charge in [-0.25, -0.2) is 0 Å². The van der Waals surface area contributed by atoms with Gasteiger partial charge in [0.25, 0.3) is 5.91 Å². The Hall–Kier alpha value is -2.78. The van der Waals surface area contributed by atoms with Gasteiger partial charge in [0, 0.05) is 4.90 Å². The molecule has 9 heteroatoms. The molecule has 31 heavy (non-hydrogen) atoms. The number of rotatable bonds is 8. The van der Waals surface area contributed by atoms with Crippen LogP contribution in [0, 0.1) is 0 Å². The fourth-order valence-corrected chi connectivity index (χ4v) is 4.65. The molecule has 0 aliphatic rings. The Morgan fingerprint density at radius 2 is 1.74 bits per heavy atom. The molecule has 2 aromatic carbocycles. The molecule has 0 unspecified atom stereocenters. The van der Waals surface area contributed by atoms with Crippen LogP contribution in [0.15, 0.2) is 46.3 Å². The first kappa shape index (κ1) is 22.9. The number of hydrogen-bond acceptors (Lipinski definition) is 7. The van der Waals surface area contributed by atoms with Crippen LogP contribution in [-0.4, -0.2) is 43.5 Å². The second-order valence-electron chi connectivity index (χ2n) is 6.45. The van der Waals surface area contributed by atoms with Gasteiger partial charge in [0.2, 0.25) is 0 Å². The summed E-state index contributed by atoms with van der Waals surface area (Å²) < 4.78 is 18.5. The van der Waals surface area contributed by atoms with Crippen molar-refractivity contribution in [2.75, 3.05) is 27.1 Å². The van der Waals surface area contributed by atoms with E-state index in [4.69, 9.17) is 14.2 Å². The SMILES string of the molecule is CCOC(=O)Cn1c(=NC(=O)Cc2ccc(SC)cc2)sc2c(OC)ccc(OC)c21. The van der Waals surface area contributed by atoms with Crippen LogP contribution in [0.3, 0.4) is 0 Å². The second kappa shape index (κ2) is 10.5. The molecule has 0 spiro atoms. The Bertz CT molecular complexity index is 1150. The zero-order valence-electron chi connectivity index (χ0n) is 17.8. The van der Waals surface area contributed by atoms with Crippen LogP contribution in [0.25, 0.3) is 10.2 Å². The Morgan fingerprint density at radius 3 is 2.35 bits per heavy atom. The van der Waals surface area contributed by atoms with E-state index in [0.29, 0.717) is 21.8 Å². The molecular formula is C22H24N2O5S2. The molecule has 1 heterocycles. The molecule has 0 saturated heterocycles. The molecular weight excluding hydrogens is 436 g/mol. The minimum absolute atomic E-state index is 0.0914. The number of fused-ring (bicyclic) bond motifs is 1. The van der Waals surface area contributed by atoms with Crippen molar-refractivity contribution in [3.05, 3.63) is 46.8 Å². The van der Waals surface area contributed by atoms with Gasteiger partial charge in [-0.1, -0.05) is 23.5 Å². The van der Waals surface area contributed by atoms with Crippen LogP contribution >= 0.6 is 23.1 Å². The van der Waals surface area contributed by atoms with E-state index in [0.717, 1.165) is 15.2 Å². The molecule has 0 bridgehead atoms. The predicted octanol–water partition coefficient (Wildman–Crippen LogP) is 3.68. The average Bonchev–Trinajstić information content (AvgIpc) is 3.11. The van der Waals surface area contributed by atoms with Crippen molar-refractivity contribution in [3.8, 4) is 11.5 Å². The molecule has 0 fully saturated rings. The third-order valence-corrected chi connectivity index (χ3v) is 6.36. The van der Waals surface area contributed by atoms with Crippen molar-refractivity contribution in [1.82, 2.24) is 4.57 Å². The minimum atomic E-state index is -0.423. The third kappa shape index (κ3) is 5.29. The molecule has 1 amide bonds.